The van der Waals surface area contributed by atoms with E-state index in [1.165, 1.54) is 15.7 Å². The van der Waals surface area contributed by atoms with Crippen molar-refractivity contribution in [2.45, 2.75) is 20.4 Å². The lowest BCUT2D eigenvalue weighted by Crippen LogP contribution is -2.21. The van der Waals surface area contributed by atoms with Crippen molar-refractivity contribution >= 4 is 11.0 Å². The van der Waals surface area contributed by atoms with Crippen molar-refractivity contribution in [3.05, 3.63) is 58.0 Å². The number of fused-ring (bicyclic) bond motifs is 1. The molecule has 9 heteroatoms. The summed E-state index contributed by atoms with van der Waals surface area (Å²) in [6.07, 6.45) is 3.03. The van der Waals surface area contributed by atoms with Crippen molar-refractivity contribution in [3.63, 3.8) is 0 Å². The molecular weight excluding hydrogens is 320 g/mol. The lowest BCUT2D eigenvalue weighted by molar-refractivity contribution is 0.623. The maximum Gasteiger partial charge on any atom is 0.264 e. The van der Waals surface area contributed by atoms with Gasteiger partial charge in [0.2, 0.25) is 0 Å². The molecule has 0 bridgehead atoms. The van der Waals surface area contributed by atoms with Crippen molar-refractivity contribution in [2.24, 2.45) is 7.05 Å². The summed E-state index contributed by atoms with van der Waals surface area (Å²) in [6.45, 7) is 4.26. The molecule has 4 aromatic rings. The van der Waals surface area contributed by atoms with Crippen molar-refractivity contribution in [1.29, 1.82) is 0 Å². The lowest BCUT2D eigenvalue weighted by Gasteiger charge is -2.07. The zero-order valence-corrected chi connectivity index (χ0v) is 14.1. The molecule has 0 saturated heterocycles. The predicted octanol–water partition coefficient (Wildman–Crippen LogP) is 0.771. The van der Waals surface area contributed by atoms with Crippen LogP contribution in [0.2, 0.25) is 0 Å². The average Bonchev–Trinajstić information content (AvgIpc) is 3.16. The summed E-state index contributed by atoms with van der Waals surface area (Å²) in [6, 6.07) is 6.11. The quantitative estimate of drug-likeness (QED) is 0.548. The van der Waals surface area contributed by atoms with Gasteiger partial charge in [0.25, 0.3) is 5.56 Å². The molecule has 4 rings (SSSR count). The Morgan fingerprint density at radius 1 is 1.12 bits per heavy atom. The number of benzene rings is 1. The van der Waals surface area contributed by atoms with Gasteiger partial charge in [-0.1, -0.05) is 6.07 Å². The largest absolute Gasteiger partial charge is 0.291 e. The summed E-state index contributed by atoms with van der Waals surface area (Å²) in [7, 11) is 1.68. The molecule has 9 nitrogen and oxygen atoms in total. The molecule has 0 fully saturated rings. The number of hydrogen-bond acceptors (Lipinski definition) is 6. The Morgan fingerprint density at radius 3 is 2.56 bits per heavy atom. The Hall–Kier alpha value is -3.36. The molecule has 0 amide bonds. The highest BCUT2D eigenvalue weighted by Gasteiger charge is 2.13. The lowest BCUT2D eigenvalue weighted by atomic mass is 10.1. The minimum absolute atomic E-state index is 0.187. The summed E-state index contributed by atoms with van der Waals surface area (Å²) < 4.78 is 3.13. The van der Waals surface area contributed by atoms with Crippen LogP contribution in [-0.2, 0) is 13.6 Å². The topological polar surface area (TPSA) is 96.3 Å². The van der Waals surface area contributed by atoms with Crippen LogP contribution in [-0.4, -0.2) is 39.5 Å². The summed E-state index contributed by atoms with van der Waals surface area (Å²) in [5.74, 6) is 0.451. The zero-order valence-electron chi connectivity index (χ0n) is 14.1. The molecule has 0 radical (unpaired) electrons. The molecule has 0 saturated carbocycles. The first-order valence-corrected chi connectivity index (χ1v) is 7.76. The van der Waals surface area contributed by atoms with Crippen molar-refractivity contribution in [1.82, 2.24) is 39.5 Å². The van der Waals surface area contributed by atoms with Gasteiger partial charge in [-0.25, -0.2) is 9.67 Å². The van der Waals surface area contributed by atoms with E-state index in [0.717, 1.165) is 16.8 Å². The van der Waals surface area contributed by atoms with Crippen LogP contribution in [0.25, 0.3) is 16.7 Å². The SMILES string of the molecule is Cc1cc(C)cc(-n2ncc3c(=O)n(Cc4nnn(C)n4)cnc32)c1. The van der Waals surface area contributed by atoms with Gasteiger partial charge in [-0.05, 0) is 42.3 Å². The highest BCUT2D eigenvalue weighted by molar-refractivity contribution is 5.75. The molecular formula is C16H16N8O. The number of rotatable bonds is 3. The number of hydrogen-bond donors (Lipinski definition) is 0. The maximum atomic E-state index is 12.7. The molecule has 25 heavy (non-hydrogen) atoms. The van der Waals surface area contributed by atoms with E-state index in [9.17, 15) is 4.79 Å². The molecule has 0 spiro atoms. The van der Waals surface area contributed by atoms with Crippen LogP contribution in [0.5, 0.6) is 0 Å². The van der Waals surface area contributed by atoms with Gasteiger partial charge in [0.05, 0.1) is 25.5 Å². The van der Waals surface area contributed by atoms with Crippen LogP contribution in [0.15, 0.2) is 35.5 Å². The molecule has 0 aliphatic heterocycles. The average molecular weight is 336 g/mol. The predicted molar refractivity (Wildman–Crippen MR) is 90.5 cm³/mol. The van der Waals surface area contributed by atoms with Gasteiger partial charge in [-0.3, -0.25) is 9.36 Å². The molecule has 0 unspecified atom stereocenters. The van der Waals surface area contributed by atoms with E-state index in [4.69, 9.17) is 0 Å². The highest BCUT2D eigenvalue weighted by Crippen LogP contribution is 2.17. The standard InChI is InChI=1S/C16H16N8O/c1-10-4-11(2)6-12(5-10)24-15-13(7-18-24)16(25)23(9-17-15)8-14-19-21-22(3)20-14/h4-7,9H,8H2,1-3H3. The number of nitrogens with zero attached hydrogens (tertiary/aromatic N) is 8. The first kappa shape index (κ1) is 15.2. The Bertz CT molecular complexity index is 1120. The second-order valence-corrected chi connectivity index (χ2v) is 6.01. The van der Waals surface area contributed by atoms with Crippen molar-refractivity contribution in [2.75, 3.05) is 0 Å². The van der Waals surface area contributed by atoms with Crippen LogP contribution < -0.4 is 5.56 Å². The van der Waals surface area contributed by atoms with Crippen LogP contribution in [0.3, 0.4) is 0 Å². The Balaban J connectivity index is 1.80. The summed E-state index contributed by atoms with van der Waals surface area (Å²) in [4.78, 5) is 18.5. The van der Waals surface area contributed by atoms with E-state index in [1.807, 2.05) is 26.0 Å². The highest BCUT2D eigenvalue weighted by atomic mass is 16.1. The third-order valence-corrected chi connectivity index (χ3v) is 3.87. The second-order valence-electron chi connectivity index (χ2n) is 6.01. The van der Waals surface area contributed by atoms with Gasteiger partial charge in [-0.15, -0.1) is 10.2 Å². The third kappa shape index (κ3) is 2.69. The molecule has 0 aliphatic carbocycles. The number of tetrazole rings is 1. The van der Waals surface area contributed by atoms with Gasteiger partial charge in [0.15, 0.2) is 11.5 Å². The molecule has 0 atom stereocenters. The summed E-state index contributed by atoms with van der Waals surface area (Å²) in [5.41, 5.74) is 3.47. The van der Waals surface area contributed by atoms with E-state index < -0.39 is 0 Å². The Kier molecular flexibility index (Phi) is 3.41. The summed E-state index contributed by atoms with van der Waals surface area (Å²) >= 11 is 0. The third-order valence-electron chi connectivity index (χ3n) is 3.87. The molecule has 126 valence electrons. The molecule has 3 heterocycles. The maximum absolute atomic E-state index is 12.7. The smallest absolute Gasteiger partial charge is 0.264 e. The van der Waals surface area contributed by atoms with Gasteiger partial charge in [0, 0.05) is 0 Å². The molecule has 3 aromatic heterocycles. The van der Waals surface area contributed by atoms with E-state index in [2.05, 4.69) is 31.6 Å². The fourth-order valence-corrected chi connectivity index (χ4v) is 2.86. The molecule has 1 aromatic carbocycles. The fraction of sp³-hybridized carbons (Fsp3) is 0.250. The zero-order chi connectivity index (χ0) is 17.6. The first-order chi connectivity index (χ1) is 12.0. The second kappa shape index (κ2) is 5.62. The van der Waals surface area contributed by atoms with E-state index in [1.54, 1.807) is 17.9 Å². The van der Waals surface area contributed by atoms with Gasteiger partial charge < -0.3 is 0 Å². The Labute approximate surface area is 142 Å². The van der Waals surface area contributed by atoms with E-state index >= 15 is 0 Å². The number of aryl methyl sites for hydroxylation is 3. The summed E-state index contributed by atoms with van der Waals surface area (Å²) in [5, 5.41) is 16.6. The Morgan fingerprint density at radius 2 is 1.88 bits per heavy atom. The van der Waals surface area contributed by atoms with Gasteiger partial charge in [0.1, 0.15) is 11.7 Å². The molecule has 0 N–H and O–H groups in total. The first-order valence-electron chi connectivity index (χ1n) is 7.76. The normalized spacial score (nSPS) is 11.3. The minimum Gasteiger partial charge on any atom is -0.291 e. The number of aromatic nitrogens is 8. The van der Waals surface area contributed by atoms with E-state index in [0.29, 0.717) is 16.9 Å². The molecule has 0 aliphatic rings. The van der Waals surface area contributed by atoms with Crippen molar-refractivity contribution in [3.8, 4) is 5.69 Å². The minimum atomic E-state index is -0.187. The monoisotopic (exact) mass is 336 g/mol. The van der Waals surface area contributed by atoms with Crippen LogP contribution >= 0.6 is 0 Å². The van der Waals surface area contributed by atoms with Crippen LogP contribution in [0.4, 0.5) is 0 Å². The fourth-order valence-electron chi connectivity index (χ4n) is 2.86. The van der Waals surface area contributed by atoms with E-state index in [-0.39, 0.29) is 12.1 Å². The van der Waals surface area contributed by atoms with Gasteiger partial charge in [-0.2, -0.15) is 9.90 Å². The van der Waals surface area contributed by atoms with Crippen LogP contribution in [0.1, 0.15) is 17.0 Å². The van der Waals surface area contributed by atoms with Crippen LogP contribution in [0, 0.1) is 13.8 Å². The van der Waals surface area contributed by atoms with Gasteiger partial charge >= 0.3 is 0 Å². The van der Waals surface area contributed by atoms with Crippen molar-refractivity contribution < 1.29 is 0 Å².